The van der Waals surface area contributed by atoms with Crippen LogP contribution in [-0.2, 0) is 4.74 Å². The van der Waals surface area contributed by atoms with Gasteiger partial charge in [-0.2, -0.15) is 0 Å². The molecule has 0 spiro atoms. The van der Waals surface area contributed by atoms with Crippen molar-refractivity contribution in [1.82, 2.24) is 10.2 Å². The average Bonchev–Trinajstić information content (AvgIpc) is 3.45. The summed E-state index contributed by atoms with van der Waals surface area (Å²) in [6.45, 7) is 6.50. The van der Waals surface area contributed by atoms with E-state index in [1.807, 2.05) is 31.3 Å². The van der Waals surface area contributed by atoms with Crippen LogP contribution in [0.5, 0.6) is 11.5 Å². The van der Waals surface area contributed by atoms with Gasteiger partial charge in [-0.15, -0.1) is 24.0 Å². The molecular formula is C19H32IN3O3. The van der Waals surface area contributed by atoms with E-state index in [2.05, 4.69) is 22.1 Å². The zero-order valence-electron chi connectivity index (χ0n) is 16.1. The molecule has 26 heavy (non-hydrogen) atoms. The standard InChI is InChI=1S/C19H31N3O3.HI/c1-4-20-19(21-11-13-24-15-16-5-6-16)22(2)12-14-25-18-9-7-17(23-3)8-10-18;/h7-10,16H,4-6,11-15H2,1-3H3,(H,20,21);1H. The number of halogens is 1. The lowest BCUT2D eigenvalue weighted by atomic mass is 10.3. The first-order valence-corrected chi connectivity index (χ1v) is 9.07. The summed E-state index contributed by atoms with van der Waals surface area (Å²) in [6, 6.07) is 7.61. The summed E-state index contributed by atoms with van der Waals surface area (Å²) in [6.07, 6.45) is 2.64. The second-order valence-electron chi connectivity index (χ2n) is 6.20. The molecule has 0 unspecified atom stereocenters. The van der Waals surface area contributed by atoms with E-state index in [0.717, 1.165) is 43.1 Å². The van der Waals surface area contributed by atoms with Crippen LogP contribution in [0.3, 0.4) is 0 Å². The average molecular weight is 477 g/mol. The van der Waals surface area contributed by atoms with E-state index in [4.69, 9.17) is 14.2 Å². The highest BCUT2D eigenvalue weighted by Crippen LogP contribution is 2.28. The fraction of sp³-hybridized carbons (Fsp3) is 0.632. The van der Waals surface area contributed by atoms with Gasteiger partial charge in [0.25, 0.3) is 0 Å². The number of hydrogen-bond donors (Lipinski definition) is 1. The van der Waals surface area contributed by atoms with Crippen LogP contribution in [0.2, 0.25) is 0 Å². The van der Waals surface area contributed by atoms with Crippen LogP contribution >= 0.6 is 24.0 Å². The lowest BCUT2D eigenvalue weighted by Gasteiger charge is -2.22. The van der Waals surface area contributed by atoms with Gasteiger partial charge >= 0.3 is 0 Å². The Balaban J connectivity index is 0.00000338. The van der Waals surface area contributed by atoms with Gasteiger partial charge < -0.3 is 24.4 Å². The SMILES string of the molecule is CCNC(=NCCOCC1CC1)N(C)CCOc1ccc(OC)cc1.I. The minimum atomic E-state index is 0. The smallest absolute Gasteiger partial charge is 0.193 e. The van der Waals surface area contributed by atoms with Crippen molar-refractivity contribution in [2.45, 2.75) is 19.8 Å². The van der Waals surface area contributed by atoms with Gasteiger partial charge in [-0.25, -0.2) is 0 Å². The molecule has 0 amide bonds. The van der Waals surface area contributed by atoms with Gasteiger partial charge in [-0.1, -0.05) is 0 Å². The summed E-state index contributed by atoms with van der Waals surface area (Å²) in [5.41, 5.74) is 0. The second kappa shape index (κ2) is 13.0. The number of guanidine groups is 1. The predicted molar refractivity (Wildman–Crippen MR) is 116 cm³/mol. The quantitative estimate of drug-likeness (QED) is 0.230. The van der Waals surface area contributed by atoms with E-state index < -0.39 is 0 Å². The molecule has 1 aliphatic carbocycles. The van der Waals surface area contributed by atoms with Crippen LogP contribution in [0, 0.1) is 5.92 Å². The van der Waals surface area contributed by atoms with E-state index in [-0.39, 0.29) is 24.0 Å². The van der Waals surface area contributed by atoms with E-state index in [1.165, 1.54) is 12.8 Å². The molecule has 2 rings (SSSR count). The minimum absolute atomic E-state index is 0. The van der Waals surface area contributed by atoms with Crippen LogP contribution in [0.25, 0.3) is 0 Å². The fourth-order valence-electron chi connectivity index (χ4n) is 2.30. The topological polar surface area (TPSA) is 55.3 Å². The van der Waals surface area contributed by atoms with Crippen LogP contribution in [0.4, 0.5) is 0 Å². The molecule has 0 bridgehead atoms. The van der Waals surface area contributed by atoms with Crippen molar-refractivity contribution in [3.05, 3.63) is 24.3 Å². The predicted octanol–water partition coefficient (Wildman–Crippen LogP) is 3.02. The molecule has 0 aliphatic heterocycles. The van der Waals surface area contributed by atoms with Crippen molar-refractivity contribution in [3.8, 4) is 11.5 Å². The summed E-state index contributed by atoms with van der Waals surface area (Å²) in [5.74, 6) is 3.35. The summed E-state index contributed by atoms with van der Waals surface area (Å²) in [7, 11) is 3.67. The van der Waals surface area contributed by atoms with Gasteiger partial charge in [0, 0.05) is 20.2 Å². The Morgan fingerprint density at radius 1 is 1.19 bits per heavy atom. The first kappa shape index (κ1) is 22.8. The summed E-state index contributed by atoms with van der Waals surface area (Å²) < 4.78 is 16.6. The Morgan fingerprint density at radius 2 is 1.88 bits per heavy atom. The lowest BCUT2D eigenvalue weighted by molar-refractivity contribution is 0.131. The third-order valence-corrected chi connectivity index (χ3v) is 4.00. The molecule has 0 heterocycles. The summed E-state index contributed by atoms with van der Waals surface area (Å²) >= 11 is 0. The van der Waals surface area contributed by atoms with Crippen molar-refractivity contribution >= 4 is 29.9 Å². The number of nitrogens with zero attached hydrogens (tertiary/aromatic N) is 2. The Bertz CT molecular complexity index is 521. The van der Waals surface area contributed by atoms with Crippen molar-refractivity contribution in [3.63, 3.8) is 0 Å². The van der Waals surface area contributed by atoms with Crippen molar-refractivity contribution in [2.75, 3.05) is 53.6 Å². The normalized spacial score (nSPS) is 13.7. The van der Waals surface area contributed by atoms with E-state index in [9.17, 15) is 0 Å². The minimum Gasteiger partial charge on any atom is -0.497 e. The highest BCUT2D eigenvalue weighted by Gasteiger charge is 2.20. The first-order chi connectivity index (χ1) is 12.2. The number of nitrogens with one attached hydrogen (secondary N) is 1. The lowest BCUT2D eigenvalue weighted by Crippen LogP contribution is -2.41. The number of hydrogen-bond acceptors (Lipinski definition) is 4. The van der Waals surface area contributed by atoms with Crippen molar-refractivity contribution in [2.24, 2.45) is 10.9 Å². The molecule has 0 radical (unpaired) electrons. The number of benzene rings is 1. The Labute approximate surface area is 174 Å². The molecule has 0 aromatic heterocycles. The molecule has 0 saturated heterocycles. The maximum atomic E-state index is 5.78. The largest absolute Gasteiger partial charge is 0.497 e. The van der Waals surface area contributed by atoms with Crippen LogP contribution in [-0.4, -0.2) is 64.5 Å². The van der Waals surface area contributed by atoms with Crippen molar-refractivity contribution in [1.29, 1.82) is 0 Å². The van der Waals surface area contributed by atoms with E-state index >= 15 is 0 Å². The van der Waals surface area contributed by atoms with Crippen molar-refractivity contribution < 1.29 is 14.2 Å². The second-order valence-corrected chi connectivity index (χ2v) is 6.20. The van der Waals surface area contributed by atoms with Gasteiger partial charge in [0.2, 0.25) is 0 Å². The van der Waals surface area contributed by atoms with Gasteiger partial charge in [0.1, 0.15) is 18.1 Å². The molecule has 148 valence electrons. The molecule has 0 atom stereocenters. The molecule has 1 fully saturated rings. The van der Waals surface area contributed by atoms with Gasteiger partial charge in [-0.05, 0) is 49.9 Å². The molecular weight excluding hydrogens is 445 g/mol. The van der Waals surface area contributed by atoms with E-state index in [1.54, 1.807) is 7.11 Å². The Hall–Kier alpha value is -1.22. The number of rotatable bonds is 11. The number of aliphatic imine (C=N–C) groups is 1. The monoisotopic (exact) mass is 477 g/mol. The van der Waals surface area contributed by atoms with Crippen LogP contribution < -0.4 is 14.8 Å². The molecule has 1 aliphatic rings. The zero-order valence-corrected chi connectivity index (χ0v) is 18.4. The molecule has 6 nitrogen and oxygen atoms in total. The third-order valence-electron chi connectivity index (χ3n) is 4.00. The summed E-state index contributed by atoms with van der Waals surface area (Å²) in [4.78, 5) is 6.69. The summed E-state index contributed by atoms with van der Waals surface area (Å²) in [5, 5.41) is 3.31. The highest BCUT2D eigenvalue weighted by atomic mass is 127. The number of likely N-dealkylation sites (N-methyl/N-ethyl adjacent to an activating group) is 1. The van der Waals surface area contributed by atoms with Gasteiger partial charge in [-0.3, -0.25) is 4.99 Å². The fourth-order valence-corrected chi connectivity index (χ4v) is 2.30. The Morgan fingerprint density at radius 3 is 2.50 bits per heavy atom. The maximum absolute atomic E-state index is 5.78. The van der Waals surface area contributed by atoms with Crippen LogP contribution in [0.15, 0.2) is 29.3 Å². The number of ether oxygens (including phenoxy) is 3. The maximum Gasteiger partial charge on any atom is 0.193 e. The molecule has 1 aromatic rings. The first-order valence-electron chi connectivity index (χ1n) is 9.07. The molecule has 1 saturated carbocycles. The molecule has 1 N–H and O–H groups in total. The van der Waals surface area contributed by atoms with Crippen LogP contribution in [0.1, 0.15) is 19.8 Å². The number of methoxy groups -OCH3 is 1. The van der Waals surface area contributed by atoms with Gasteiger partial charge in [0.15, 0.2) is 5.96 Å². The molecule has 7 heteroatoms. The third kappa shape index (κ3) is 8.93. The van der Waals surface area contributed by atoms with Gasteiger partial charge in [0.05, 0.1) is 26.8 Å². The molecule has 1 aromatic carbocycles. The highest BCUT2D eigenvalue weighted by molar-refractivity contribution is 14.0. The zero-order chi connectivity index (χ0) is 17.9. The van der Waals surface area contributed by atoms with E-state index in [0.29, 0.717) is 19.8 Å². The Kier molecular flexibility index (Phi) is 11.4.